The van der Waals surface area contributed by atoms with Gasteiger partial charge in [-0.2, -0.15) is 0 Å². The molecule has 1 aliphatic carbocycles. The Morgan fingerprint density at radius 1 is 1.23 bits per heavy atom. The van der Waals surface area contributed by atoms with Crippen LogP contribution in [0.15, 0.2) is 24.3 Å². The average Bonchev–Trinajstić information content (AvgIpc) is 3.04. The number of carbonyl (C=O) groups excluding carboxylic acids is 3. The Morgan fingerprint density at radius 3 is 2.73 bits per heavy atom. The lowest BCUT2D eigenvalue weighted by Gasteiger charge is -2.47. The number of likely N-dealkylation sites (tertiary alicyclic amines) is 1. The number of fused-ring (bicyclic) bond motifs is 1. The fourth-order valence-electron chi connectivity index (χ4n) is 4.93. The van der Waals surface area contributed by atoms with E-state index >= 15 is 0 Å². The van der Waals surface area contributed by atoms with Crippen molar-refractivity contribution in [1.29, 1.82) is 0 Å². The van der Waals surface area contributed by atoms with Gasteiger partial charge in [0.2, 0.25) is 5.91 Å². The van der Waals surface area contributed by atoms with Crippen molar-refractivity contribution in [3.63, 3.8) is 0 Å². The van der Waals surface area contributed by atoms with Gasteiger partial charge >= 0.3 is 6.03 Å². The summed E-state index contributed by atoms with van der Waals surface area (Å²) in [5.41, 5.74) is -0.150. The summed E-state index contributed by atoms with van der Waals surface area (Å²) < 4.78 is 5.11. The van der Waals surface area contributed by atoms with Crippen LogP contribution in [0.2, 0.25) is 0 Å². The first-order valence-corrected chi connectivity index (χ1v) is 10.7. The summed E-state index contributed by atoms with van der Waals surface area (Å²) >= 11 is 0. The maximum absolute atomic E-state index is 12.7. The number of methoxy groups -OCH3 is 1. The van der Waals surface area contributed by atoms with Crippen molar-refractivity contribution >= 4 is 23.5 Å². The lowest BCUT2D eigenvalue weighted by molar-refractivity contribution is -0.143. The molecule has 2 N–H and O–H groups in total. The van der Waals surface area contributed by atoms with Crippen LogP contribution in [0.5, 0.6) is 5.75 Å². The highest BCUT2D eigenvalue weighted by atomic mass is 16.5. The second kappa shape index (κ2) is 8.26. The molecule has 4 amide bonds. The minimum atomic E-state index is -0.708. The first-order valence-electron chi connectivity index (χ1n) is 10.7. The zero-order valence-corrected chi connectivity index (χ0v) is 17.3. The van der Waals surface area contributed by atoms with E-state index in [0.29, 0.717) is 30.9 Å². The lowest BCUT2D eigenvalue weighted by atomic mass is 9.71. The van der Waals surface area contributed by atoms with E-state index < -0.39 is 17.7 Å². The summed E-state index contributed by atoms with van der Waals surface area (Å²) in [5, 5.41) is 13.5. The number of benzene rings is 1. The lowest BCUT2D eigenvalue weighted by Crippen LogP contribution is -2.54. The molecule has 162 valence electrons. The van der Waals surface area contributed by atoms with E-state index in [1.54, 1.807) is 31.4 Å². The van der Waals surface area contributed by atoms with Crippen molar-refractivity contribution in [3.8, 4) is 5.75 Å². The van der Waals surface area contributed by atoms with Gasteiger partial charge in [0.05, 0.1) is 18.4 Å². The van der Waals surface area contributed by atoms with Gasteiger partial charge in [0.1, 0.15) is 11.8 Å². The van der Waals surface area contributed by atoms with Crippen molar-refractivity contribution in [2.75, 3.05) is 25.1 Å². The molecule has 2 heterocycles. The molecular weight excluding hydrogens is 386 g/mol. The number of amides is 4. The number of piperidine rings is 1. The maximum atomic E-state index is 12.7. The quantitative estimate of drug-likeness (QED) is 0.717. The van der Waals surface area contributed by atoms with Crippen LogP contribution < -0.4 is 15.0 Å². The standard InChI is InChI=1S/C22H29N3O5/c1-30-17-7-5-16(6-8-17)25-20(27)18(23-21(25)28)9-10-19(26)24-13-12-22(29)11-3-2-4-15(22)14-24/h5-8,15,18,29H,2-4,9-14H2,1H3,(H,23,28)/t15-,18+,22-/m0/s1. The third-order valence-corrected chi connectivity index (χ3v) is 6.78. The number of hydrogen-bond donors (Lipinski definition) is 2. The Balaban J connectivity index is 1.33. The van der Waals surface area contributed by atoms with Gasteiger partial charge in [0.25, 0.3) is 5.91 Å². The molecule has 0 unspecified atom stereocenters. The first-order chi connectivity index (χ1) is 14.4. The predicted molar refractivity (Wildman–Crippen MR) is 110 cm³/mol. The van der Waals surface area contributed by atoms with Crippen molar-refractivity contribution in [2.24, 2.45) is 5.92 Å². The molecule has 1 aromatic carbocycles. The largest absolute Gasteiger partial charge is 0.497 e. The Kier molecular flexibility index (Phi) is 5.69. The summed E-state index contributed by atoms with van der Waals surface area (Å²) in [6.07, 6.45) is 5.00. The van der Waals surface area contributed by atoms with Crippen molar-refractivity contribution in [1.82, 2.24) is 10.2 Å². The van der Waals surface area contributed by atoms with Crippen LogP contribution in [-0.4, -0.2) is 59.7 Å². The number of imide groups is 1. The molecule has 8 nitrogen and oxygen atoms in total. The highest BCUT2D eigenvalue weighted by Gasteiger charge is 2.44. The van der Waals surface area contributed by atoms with E-state index in [4.69, 9.17) is 4.74 Å². The molecule has 3 fully saturated rings. The monoisotopic (exact) mass is 415 g/mol. The minimum absolute atomic E-state index is 0.0208. The van der Waals surface area contributed by atoms with Gasteiger partial charge in [0.15, 0.2) is 0 Å². The summed E-state index contributed by atoms with van der Waals surface area (Å²) in [5.74, 6) is 0.410. The van der Waals surface area contributed by atoms with E-state index in [2.05, 4.69) is 5.32 Å². The van der Waals surface area contributed by atoms with E-state index in [-0.39, 0.29) is 30.6 Å². The third kappa shape index (κ3) is 3.88. The van der Waals surface area contributed by atoms with E-state index in [0.717, 1.165) is 30.6 Å². The Hall–Kier alpha value is -2.61. The van der Waals surface area contributed by atoms with Crippen LogP contribution in [0.1, 0.15) is 44.9 Å². The van der Waals surface area contributed by atoms with Gasteiger partial charge in [-0.25, -0.2) is 9.69 Å². The Morgan fingerprint density at radius 2 is 2.00 bits per heavy atom. The molecule has 2 saturated heterocycles. The van der Waals surface area contributed by atoms with Crippen LogP contribution in [-0.2, 0) is 9.59 Å². The smallest absolute Gasteiger partial charge is 0.329 e. The normalized spacial score (nSPS) is 28.9. The molecule has 0 radical (unpaired) electrons. The highest BCUT2D eigenvalue weighted by molar-refractivity contribution is 6.21. The summed E-state index contributed by atoms with van der Waals surface area (Å²) in [7, 11) is 1.55. The molecule has 4 rings (SSSR count). The molecule has 0 bridgehead atoms. The number of ether oxygens (including phenoxy) is 1. The van der Waals surface area contributed by atoms with Crippen molar-refractivity contribution in [2.45, 2.75) is 56.6 Å². The second-order valence-corrected chi connectivity index (χ2v) is 8.55. The number of urea groups is 1. The van der Waals surface area contributed by atoms with Crippen LogP contribution in [0.3, 0.4) is 0 Å². The number of nitrogens with one attached hydrogen (secondary N) is 1. The van der Waals surface area contributed by atoms with Crippen molar-refractivity contribution in [3.05, 3.63) is 24.3 Å². The molecule has 0 spiro atoms. The zero-order chi connectivity index (χ0) is 21.3. The fourth-order valence-corrected chi connectivity index (χ4v) is 4.93. The molecule has 30 heavy (non-hydrogen) atoms. The van der Waals surface area contributed by atoms with Gasteiger partial charge in [-0.3, -0.25) is 9.59 Å². The van der Waals surface area contributed by atoms with Crippen molar-refractivity contribution < 1.29 is 24.2 Å². The SMILES string of the molecule is COc1ccc(N2C(=O)N[C@H](CCC(=O)N3CC[C@@]4(O)CCCC[C@H]4C3)C2=O)cc1. The van der Waals surface area contributed by atoms with Gasteiger partial charge < -0.3 is 20.1 Å². The number of rotatable bonds is 5. The second-order valence-electron chi connectivity index (χ2n) is 8.55. The molecule has 3 aliphatic rings. The summed E-state index contributed by atoms with van der Waals surface area (Å²) in [6.45, 7) is 1.13. The van der Waals surface area contributed by atoms with Crippen LogP contribution in [0.25, 0.3) is 0 Å². The molecule has 1 aromatic rings. The first kappa shape index (κ1) is 20.7. The predicted octanol–water partition coefficient (Wildman–Crippen LogP) is 2.05. The summed E-state index contributed by atoms with van der Waals surface area (Å²) in [4.78, 5) is 40.7. The Bertz CT molecular complexity index is 827. The van der Waals surface area contributed by atoms with Crippen LogP contribution >= 0.6 is 0 Å². The van der Waals surface area contributed by atoms with Gasteiger partial charge in [-0.05, 0) is 49.9 Å². The van der Waals surface area contributed by atoms with E-state index in [1.165, 1.54) is 0 Å². The third-order valence-electron chi connectivity index (χ3n) is 6.78. The average molecular weight is 415 g/mol. The molecule has 8 heteroatoms. The molecule has 0 aromatic heterocycles. The van der Waals surface area contributed by atoms with E-state index in [1.807, 2.05) is 4.90 Å². The van der Waals surface area contributed by atoms with Crippen LogP contribution in [0, 0.1) is 5.92 Å². The van der Waals surface area contributed by atoms with Gasteiger partial charge in [-0.1, -0.05) is 12.8 Å². The van der Waals surface area contributed by atoms with E-state index in [9.17, 15) is 19.5 Å². The minimum Gasteiger partial charge on any atom is -0.497 e. The molecule has 2 aliphatic heterocycles. The fraction of sp³-hybridized carbons (Fsp3) is 0.591. The van der Waals surface area contributed by atoms with Gasteiger partial charge in [-0.15, -0.1) is 0 Å². The number of nitrogens with zero attached hydrogens (tertiary/aromatic N) is 2. The molecular formula is C22H29N3O5. The zero-order valence-electron chi connectivity index (χ0n) is 17.3. The highest BCUT2D eigenvalue weighted by Crippen LogP contribution is 2.40. The number of aliphatic hydroxyl groups is 1. The topological polar surface area (TPSA) is 99.2 Å². The van der Waals surface area contributed by atoms with Gasteiger partial charge in [0, 0.05) is 25.4 Å². The number of carbonyl (C=O) groups is 3. The Labute approximate surface area is 176 Å². The summed E-state index contributed by atoms with van der Waals surface area (Å²) in [6, 6.07) is 5.50. The molecule has 3 atom stereocenters. The number of hydrogen-bond acceptors (Lipinski definition) is 5. The van der Waals surface area contributed by atoms with Crippen LogP contribution in [0.4, 0.5) is 10.5 Å². The maximum Gasteiger partial charge on any atom is 0.329 e. The number of anilines is 1. The molecule has 1 saturated carbocycles.